The molecule has 0 N–H and O–H groups in total. The summed E-state index contributed by atoms with van der Waals surface area (Å²) in [7, 11) is 1.94. The molecule has 2 aromatic heterocycles. The maximum absolute atomic E-state index is 15.0. The second-order valence-corrected chi connectivity index (χ2v) is 12.4. The summed E-state index contributed by atoms with van der Waals surface area (Å²) in [6.07, 6.45) is 1.41. The normalized spacial score (nSPS) is 11.3. The van der Waals surface area contributed by atoms with Crippen LogP contribution in [0.2, 0.25) is 0 Å². The monoisotopic (exact) mass is 662 g/mol. The van der Waals surface area contributed by atoms with Crippen molar-refractivity contribution in [1.29, 1.82) is 0 Å². The van der Waals surface area contributed by atoms with Gasteiger partial charge < -0.3 is 9.30 Å². The Morgan fingerprint density at radius 3 is 2.08 bits per heavy atom. The van der Waals surface area contributed by atoms with Gasteiger partial charge in [0.2, 0.25) is 5.43 Å². The first-order valence-corrected chi connectivity index (χ1v) is 16.3. The van der Waals surface area contributed by atoms with Gasteiger partial charge in [0.15, 0.2) is 5.78 Å². The van der Waals surface area contributed by atoms with Gasteiger partial charge in [-0.25, -0.2) is 13.6 Å². The van der Waals surface area contributed by atoms with Gasteiger partial charge in [0, 0.05) is 35.3 Å². The van der Waals surface area contributed by atoms with Gasteiger partial charge >= 0.3 is 5.97 Å². The topological polar surface area (TPSA) is 68.6 Å². The fraction of sp³-hybridized carbons (Fsp3) is 0.154. The van der Waals surface area contributed by atoms with Crippen molar-refractivity contribution in [3.63, 3.8) is 0 Å². The van der Waals surface area contributed by atoms with Crippen LogP contribution in [0, 0.1) is 11.6 Å². The van der Waals surface area contributed by atoms with E-state index >= 15 is 8.78 Å². The largest absolute Gasteiger partial charge is 0.462 e. The zero-order valence-corrected chi connectivity index (χ0v) is 27.2. The lowest BCUT2D eigenvalue weighted by molar-refractivity contribution is 0.0526. The van der Waals surface area contributed by atoms with Gasteiger partial charge in [0.1, 0.15) is 16.5 Å². The predicted octanol–water partition coefficient (Wildman–Crippen LogP) is 8.10. The molecule has 9 heteroatoms. The molecule has 0 saturated heterocycles. The van der Waals surface area contributed by atoms with Gasteiger partial charge in [0.25, 0.3) is 0 Å². The molecular formula is C39H32F2N2O4S. The van der Waals surface area contributed by atoms with Crippen molar-refractivity contribution in [2.24, 2.45) is 0 Å². The molecule has 6 aromatic rings. The van der Waals surface area contributed by atoms with E-state index in [2.05, 4.69) is 4.90 Å². The molecule has 242 valence electrons. The summed E-state index contributed by atoms with van der Waals surface area (Å²) >= 11 is 1.30. The Labute approximate surface area is 280 Å². The minimum absolute atomic E-state index is 0.0978. The number of nitrogens with zero attached hydrogens (tertiary/aromatic N) is 2. The Morgan fingerprint density at radius 2 is 1.44 bits per heavy atom. The molecule has 0 aliphatic rings. The van der Waals surface area contributed by atoms with E-state index in [-0.39, 0.29) is 24.3 Å². The molecule has 0 aliphatic carbocycles. The van der Waals surface area contributed by atoms with E-state index in [0.717, 1.165) is 16.0 Å². The molecule has 6 rings (SSSR count). The first-order valence-electron chi connectivity index (χ1n) is 15.5. The first kappa shape index (κ1) is 32.7. The fourth-order valence-electron chi connectivity index (χ4n) is 5.75. The summed E-state index contributed by atoms with van der Waals surface area (Å²) in [4.78, 5) is 44.0. The Bertz CT molecular complexity index is 2140. The lowest BCUT2D eigenvalue weighted by Crippen LogP contribution is -2.22. The lowest BCUT2D eigenvalue weighted by Gasteiger charge is -2.18. The molecule has 0 amide bonds. The van der Waals surface area contributed by atoms with Crippen LogP contribution in [-0.2, 0) is 24.4 Å². The molecule has 6 nitrogen and oxygen atoms in total. The van der Waals surface area contributed by atoms with Crippen LogP contribution in [0.4, 0.5) is 8.78 Å². The Hall–Kier alpha value is -5.25. The molecular weight excluding hydrogens is 631 g/mol. The van der Waals surface area contributed by atoms with Crippen LogP contribution in [-0.4, -0.2) is 34.9 Å². The Balaban J connectivity index is 1.58. The van der Waals surface area contributed by atoms with Gasteiger partial charge in [-0.3, -0.25) is 14.5 Å². The molecule has 2 heterocycles. The van der Waals surface area contributed by atoms with Crippen LogP contribution in [0.25, 0.3) is 20.7 Å². The number of hydrogen-bond acceptors (Lipinski definition) is 6. The summed E-state index contributed by atoms with van der Waals surface area (Å²) < 4.78 is 36.8. The number of benzene rings is 4. The molecule has 0 saturated carbocycles. The highest BCUT2D eigenvalue weighted by Crippen LogP contribution is 2.39. The van der Waals surface area contributed by atoms with Gasteiger partial charge in [-0.15, -0.1) is 11.3 Å². The van der Waals surface area contributed by atoms with Crippen LogP contribution >= 0.6 is 11.3 Å². The summed E-state index contributed by atoms with van der Waals surface area (Å²) in [5.41, 5.74) is 2.46. The fourth-order valence-corrected chi connectivity index (χ4v) is 7.04. The zero-order valence-electron chi connectivity index (χ0n) is 26.4. The third-order valence-corrected chi connectivity index (χ3v) is 9.38. The van der Waals surface area contributed by atoms with E-state index < -0.39 is 28.8 Å². The number of halogens is 2. The highest BCUT2D eigenvalue weighted by Gasteiger charge is 2.26. The summed E-state index contributed by atoms with van der Waals surface area (Å²) in [5, 5.41) is 0.308. The van der Waals surface area contributed by atoms with Crippen LogP contribution < -0.4 is 5.43 Å². The maximum Gasteiger partial charge on any atom is 0.338 e. The molecule has 48 heavy (non-hydrogen) atoms. The zero-order chi connectivity index (χ0) is 33.8. The second kappa shape index (κ2) is 14.3. The van der Waals surface area contributed by atoms with Crippen LogP contribution in [0.1, 0.15) is 49.9 Å². The number of thiophene rings is 1. The SMILES string of the molecule is CCOC(=O)c1ccc(-c2sc3c(c2CN(C)Cc2ccccc2)c(=O)c(C(=O)c2ccccc2)cn3Cc2c(F)cccc2F)cc1. The van der Waals surface area contributed by atoms with Crippen molar-refractivity contribution in [2.45, 2.75) is 26.6 Å². The highest BCUT2D eigenvalue weighted by molar-refractivity contribution is 7.22. The van der Waals surface area contributed by atoms with Gasteiger partial charge in [-0.05, 0) is 54.9 Å². The van der Waals surface area contributed by atoms with E-state index in [1.165, 1.54) is 35.7 Å². The minimum atomic E-state index is -0.730. The quantitative estimate of drug-likeness (QED) is 0.104. The highest BCUT2D eigenvalue weighted by atomic mass is 32.1. The van der Waals surface area contributed by atoms with E-state index in [9.17, 15) is 14.4 Å². The van der Waals surface area contributed by atoms with Crippen molar-refractivity contribution in [1.82, 2.24) is 9.47 Å². The lowest BCUT2D eigenvalue weighted by atomic mass is 10.00. The number of fused-ring (bicyclic) bond motifs is 1. The van der Waals surface area contributed by atoms with Crippen LogP contribution in [0.5, 0.6) is 0 Å². The summed E-state index contributed by atoms with van der Waals surface area (Å²) in [5.74, 6) is -2.39. The number of carbonyl (C=O) groups excluding carboxylic acids is 2. The number of carbonyl (C=O) groups is 2. The third kappa shape index (κ3) is 6.74. The maximum atomic E-state index is 15.0. The second-order valence-electron chi connectivity index (χ2n) is 11.4. The average Bonchev–Trinajstić information content (AvgIpc) is 3.47. The molecule has 4 aromatic carbocycles. The van der Waals surface area contributed by atoms with E-state index in [1.807, 2.05) is 37.4 Å². The van der Waals surface area contributed by atoms with Crippen molar-refractivity contribution in [3.8, 4) is 10.4 Å². The van der Waals surface area contributed by atoms with Crippen molar-refractivity contribution in [3.05, 3.63) is 165 Å². The molecule has 0 unspecified atom stereocenters. The van der Waals surface area contributed by atoms with E-state index in [4.69, 9.17) is 4.74 Å². The standard InChI is InChI=1S/C39H32F2N2O4S/c1-3-47-39(46)28-19-17-27(18-20-28)37-30(22-42(2)21-25-11-6-4-7-12-25)34-36(45)31(35(44)26-13-8-5-9-14-26)24-43(38(34)48-37)23-29-32(40)15-10-16-33(29)41/h4-20,24H,3,21-23H2,1-2H3. The van der Waals surface area contributed by atoms with Gasteiger partial charge in [-0.1, -0.05) is 78.9 Å². The van der Waals surface area contributed by atoms with Crippen molar-refractivity contribution in [2.75, 3.05) is 13.7 Å². The number of pyridine rings is 1. The molecule has 0 fully saturated rings. The van der Waals surface area contributed by atoms with E-state index in [0.29, 0.717) is 40.0 Å². The smallest absolute Gasteiger partial charge is 0.338 e. The van der Waals surface area contributed by atoms with Gasteiger partial charge in [-0.2, -0.15) is 0 Å². The molecule has 0 aliphatic heterocycles. The number of esters is 1. The molecule has 0 spiro atoms. The number of rotatable bonds is 11. The van der Waals surface area contributed by atoms with Crippen LogP contribution in [0.15, 0.2) is 114 Å². The Morgan fingerprint density at radius 1 is 0.792 bits per heavy atom. The minimum Gasteiger partial charge on any atom is -0.462 e. The summed E-state index contributed by atoms with van der Waals surface area (Å²) in [6.45, 7) is 2.65. The summed E-state index contributed by atoms with van der Waals surface area (Å²) in [6, 6.07) is 28.9. The molecule has 0 radical (unpaired) electrons. The number of ketones is 1. The molecule has 0 bridgehead atoms. The number of aromatic nitrogens is 1. The average molecular weight is 663 g/mol. The Kier molecular flexibility index (Phi) is 9.70. The predicted molar refractivity (Wildman–Crippen MR) is 184 cm³/mol. The number of hydrogen-bond donors (Lipinski definition) is 0. The van der Waals surface area contributed by atoms with Crippen LogP contribution in [0.3, 0.4) is 0 Å². The van der Waals surface area contributed by atoms with E-state index in [1.54, 1.807) is 66.1 Å². The van der Waals surface area contributed by atoms with Crippen molar-refractivity contribution >= 4 is 33.3 Å². The molecule has 0 atom stereocenters. The number of ether oxygens (including phenoxy) is 1. The first-order chi connectivity index (χ1) is 23.2. The van der Waals surface area contributed by atoms with Gasteiger partial charge in [0.05, 0.1) is 29.7 Å². The third-order valence-electron chi connectivity index (χ3n) is 8.06. The van der Waals surface area contributed by atoms with Crippen molar-refractivity contribution < 1.29 is 23.1 Å².